The zero-order chi connectivity index (χ0) is 14.7. The minimum atomic E-state index is -4.55. The molecule has 1 unspecified atom stereocenters. The fourth-order valence-electron chi connectivity index (χ4n) is 2.16. The normalized spacial score (nSPS) is 24.5. The lowest BCUT2D eigenvalue weighted by molar-refractivity contribution is -0.216. The highest BCUT2D eigenvalue weighted by molar-refractivity contribution is 5.84. The largest absolute Gasteiger partial charge is 0.404 e. The Balaban J connectivity index is 2.70. The lowest BCUT2D eigenvalue weighted by atomic mass is 9.85. The zero-order valence-corrected chi connectivity index (χ0v) is 11.5. The second-order valence-electron chi connectivity index (χ2n) is 5.38. The summed E-state index contributed by atoms with van der Waals surface area (Å²) in [5, 5.41) is 4.98. The summed E-state index contributed by atoms with van der Waals surface area (Å²) in [6.45, 7) is 5.57. The van der Waals surface area contributed by atoms with Crippen molar-refractivity contribution in [3.8, 4) is 0 Å². The summed E-state index contributed by atoms with van der Waals surface area (Å²) < 4.78 is 44.7. The molecule has 2 N–H and O–H groups in total. The van der Waals surface area contributed by atoms with E-state index in [2.05, 4.69) is 10.6 Å². The smallest absolute Gasteiger partial charge is 0.374 e. The van der Waals surface area contributed by atoms with E-state index in [1.165, 1.54) is 0 Å². The third kappa shape index (κ3) is 3.60. The predicted molar refractivity (Wildman–Crippen MR) is 64.7 cm³/mol. The Morgan fingerprint density at radius 1 is 1.42 bits per heavy atom. The average Bonchev–Trinajstić information content (AvgIpc) is 2.75. The molecule has 0 aromatic rings. The molecule has 19 heavy (non-hydrogen) atoms. The molecule has 1 aliphatic heterocycles. The number of rotatable bonds is 5. The maximum absolute atomic E-state index is 13.1. The highest BCUT2D eigenvalue weighted by atomic mass is 19.4. The van der Waals surface area contributed by atoms with Gasteiger partial charge >= 0.3 is 6.18 Å². The van der Waals surface area contributed by atoms with E-state index in [4.69, 9.17) is 4.74 Å². The Bertz CT molecular complexity index is 323. The molecule has 0 saturated carbocycles. The van der Waals surface area contributed by atoms with Gasteiger partial charge in [-0.1, -0.05) is 0 Å². The second kappa shape index (κ2) is 5.66. The van der Waals surface area contributed by atoms with Crippen molar-refractivity contribution in [1.82, 2.24) is 10.6 Å². The van der Waals surface area contributed by atoms with E-state index < -0.39 is 23.1 Å². The molecule has 0 spiro atoms. The first-order chi connectivity index (χ1) is 8.65. The molecule has 0 bridgehead atoms. The van der Waals surface area contributed by atoms with E-state index in [9.17, 15) is 18.0 Å². The van der Waals surface area contributed by atoms with Gasteiger partial charge in [0.25, 0.3) is 0 Å². The highest BCUT2D eigenvalue weighted by Gasteiger charge is 2.61. The quantitative estimate of drug-likeness (QED) is 0.802. The third-order valence-electron chi connectivity index (χ3n) is 3.34. The van der Waals surface area contributed by atoms with Crippen LogP contribution in [0.15, 0.2) is 0 Å². The van der Waals surface area contributed by atoms with Crippen molar-refractivity contribution in [2.24, 2.45) is 5.41 Å². The molecule has 1 atom stereocenters. The molecule has 0 aliphatic carbocycles. The molecular formula is C12H21F3N2O2. The van der Waals surface area contributed by atoms with Crippen LogP contribution in [0.3, 0.4) is 0 Å². The molecule has 1 aliphatic rings. The van der Waals surface area contributed by atoms with Crippen molar-refractivity contribution in [1.29, 1.82) is 0 Å². The minimum Gasteiger partial charge on any atom is -0.374 e. The summed E-state index contributed by atoms with van der Waals surface area (Å²) >= 11 is 0. The van der Waals surface area contributed by atoms with E-state index >= 15 is 0 Å². The number of alkyl halides is 3. The molecule has 1 rings (SSSR count). The topological polar surface area (TPSA) is 50.4 Å². The number of amides is 1. The van der Waals surface area contributed by atoms with Crippen LogP contribution < -0.4 is 10.6 Å². The van der Waals surface area contributed by atoms with Gasteiger partial charge in [0.1, 0.15) is 0 Å². The van der Waals surface area contributed by atoms with Crippen LogP contribution in [0.2, 0.25) is 0 Å². The van der Waals surface area contributed by atoms with Crippen LogP contribution in [0.1, 0.15) is 27.2 Å². The van der Waals surface area contributed by atoms with Crippen LogP contribution in [0.5, 0.6) is 0 Å². The van der Waals surface area contributed by atoms with Gasteiger partial charge in [-0.3, -0.25) is 4.79 Å². The third-order valence-corrected chi connectivity index (χ3v) is 3.34. The standard InChI is InChI=1S/C12H21F3N2O2/c1-4-19-10(2,3)7-17-9(18)11(12(13,14)15)5-6-16-8-11/h16H,4-8H2,1-3H3,(H,17,18). The SMILES string of the molecule is CCOC(C)(C)CNC(=O)C1(C(F)(F)F)CCNC1. The number of ether oxygens (including phenoxy) is 1. The van der Waals surface area contributed by atoms with E-state index in [0.29, 0.717) is 6.61 Å². The van der Waals surface area contributed by atoms with E-state index in [-0.39, 0.29) is 26.1 Å². The van der Waals surface area contributed by atoms with Crippen LogP contribution in [-0.4, -0.2) is 43.9 Å². The molecule has 1 saturated heterocycles. The van der Waals surface area contributed by atoms with Crippen LogP contribution in [0, 0.1) is 5.41 Å². The molecule has 1 amide bonds. The Morgan fingerprint density at radius 2 is 2.05 bits per heavy atom. The van der Waals surface area contributed by atoms with Crippen molar-refractivity contribution in [3.63, 3.8) is 0 Å². The van der Waals surface area contributed by atoms with Crippen LogP contribution >= 0.6 is 0 Å². The summed E-state index contributed by atoms with van der Waals surface area (Å²) in [5.74, 6) is -0.974. The van der Waals surface area contributed by atoms with Crippen LogP contribution in [-0.2, 0) is 9.53 Å². The summed E-state index contributed by atoms with van der Waals surface area (Å²) in [4.78, 5) is 11.9. The number of carbonyl (C=O) groups is 1. The van der Waals surface area contributed by atoms with E-state index in [0.717, 1.165) is 0 Å². The van der Waals surface area contributed by atoms with Crippen LogP contribution in [0.25, 0.3) is 0 Å². The van der Waals surface area contributed by atoms with Gasteiger partial charge in [-0.15, -0.1) is 0 Å². The van der Waals surface area contributed by atoms with Gasteiger partial charge in [-0.25, -0.2) is 0 Å². The fraction of sp³-hybridized carbons (Fsp3) is 0.917. The average molecular weight is 282 g/mol. The van der Waals surface area contributed by atoms with Crippen molar-refractivity contribution in [2.75, 3.05) is 26.2 Å². The van der Waals surface area contributed by atoms with Crippen molar-refractivity contribution in [3.05, 3.63) is 0 Å². The summed E-state index contributed by atoms with van der Waals surface area (Å²) in [7, 11) is 0. The Morgan fingerprint density at radius 3 is 2.47 bits per heavy atom. The number of nitrogens with one attached hydrogen (secondary N) is 2. The van der Waals surface area contributed by atoms with E-state index in [1.54, 1.807) is 20.8 Å². The molecule has 1 heterocycles. The molecule has 0 radical (unpaired) electrons. The monoisotopic (exact) mass is 282 g/mol. The van der Waals surface area contributed by atoms with E-state index in [1.807, 2.05) is 0 Å². The number of hydrogen-bond acceptors (Lipinski definition) is 3. The van der Waals surface area contributed by atoms with Gasteiger partial charge in [-0.05, 0) is 33.7 Å². The first-order valence-electron chi connectivity index (χ1n) is 6.34. The van der Waals surface area contributed by atoms with Gasteiger partial charge in [-0.2, -0.15) is 13.2 Å². The highest BCUT2D eigenvalue weighted by Crippen LogP contribution is 2.43. The lowest BCUT2D eigenvalue weighted by Crippen LogP contribution is -2.54. The summed E-state index contributed by atoms with van der Waals surface area (Å²) in [6.07, 6.45) is -4.77. The van der Waals surface area contributed by atoms with Gasteiger partial charge in [0.15, 0.2) is 5.41 Å². The predicted octanol–water partition coefficient (Wildman–Crippen LogP) is 1.46. The van der Waals surface area contributed by atoms with Crippen LogP contribution in [0.4, 0.5) is 13.2 Å². The number of carbonyl (C=O) groups excluding carboxylic acids is 1. The summed E-state index contributed by atoms with van der Waals surface area (Å²) in [6, 6.07) is 0. The molecular weight excluding hydrogens is 261 g/mol. The van der Waals surface area contributed by atoms with Gasteiger partial charge in [0.05, 0.1) is 5.60 Å². The van der Waals surface area contributed by atoms with Crippen molar-refractivity contribution >= 4 is 5.91 Å². The molecule has 7 heteroatoms. The zero-order valence-electron chi connectivity index (χ0n) is 11.5. The fourth-order valence-corrected chi connectivity index (χ4v) is 2.16. The second-order valence-corrected chi connectivity index (χ2v) is 5.38. The first kappa shape index (κ1) is 16.2. The Hall–Kier alpha value is -0.820. The summed E-state index contributed by atoms with van der Waals surface area (Å²) in [5.41, 5.74) is -2.99. The maximum atomic E-state index is 13.1. The molecule has 1 fully saturated rings. The number of halogens is 3. The lowest BCUT2D eigenvalue weighted by Gasteiger charge is -2.32. The number of hydrogen-bond donors (Lipinski definition) is 2. The minimum absolute atomic E-state index is 0.0531. The van der Waals surface area contributed by atoms with Crippen molar-refractivity contribution in [2.45, 2.75) is 39.0 Å². The van der Waals surface area contributed by atoms with Gasteiger partial charge in [0, 0.05) is 19.7 Å². The molecule has 4 nitrogen and oxygen atoms in total. The maximum Gasteiger partial charge on any atom is 0.404 e. The Labute approximate surface area is 111 Å². The molecule has 0 aromatic heterocycles. The molecule has 112 valence electrons. The first-order valence-corrected chi connectivity index (χ1v) is 6.34. The molecule has 0 aromatic carbocycles. The van der Waals surface area contributed by atoms with Gasteiger partial charge < -0.3 is 15.4 Å². The Kier molecular flexibility index (Phi) is 4.84. The van der Waals surface area contributed by atoms with Gasteiger partial charge in [0.2, 0.25) is 5.91 Å². The van der Waals surface area contributed by atoms with Crippen molar-refractivity contribution < 1.29 is 22.7 Å².